The van der Waals surface area contributed by atoms with Gasteiger partial charge >= 0.3 is 5.97 Å². The number of nitrogens with zero attached hydrogens (tertiary/aromatic N) is 2. The molecule has 8 heteroatoms. The molecule has 1 unspecified atom stereocenters. The molecule has 8 nitrogen and oxygen atoms in total. The number of ether oxygens (including phenoxy) is 2. The number of hydrogen-bond acceptors (Lipinski definition) is 5. The molecule has 0 aliphatic heterocycles. The van der Waals surface area contributed by atoms with Gasteiger partial charge < -0.3 is 19.9 Å². The lowest BCUT2D eigenvalue weighted by Gasteiger charge is -2.17. The topological polar surface area (TPSA) is 103 Å². The molecule has 2 rings (SSSR count). The Labute approximate surface area is 132 Å². The highest BCUT2D eigenvalue weighted by Gasteiger charge is 2.21. The first-order valence-corrected chi connectivity index (χ1v) is 6.77. The maximum Gasteiger partial charge on any atom is 0.335 e. The number of methoxy groups -OCH3 is 2. The van der Waals surface area contributed by atoms with Crippen molar-refractivity contribution in [2.45, 2.75) is 13.0 Å². The number of carbonyl (C=O) groups excluding carboxylic acids is 1. The van der Waals surface area contributed by atoms with Gasteiger partial charge in [-0.1, -0.05) is 0 Å². The minimum absolute atomic E-state index is 0.0234. The number of anilines is 1. The van der Waals surface area contributed by atoms with Gasteiger partial charge in [0.15, 0.2) is 11.5 Å². The van der Waals surface area contributed by atoms with Crippen molar-refractivity contribution in [3.63, 3.8) is 0 Å². The molecular weight excluding hydrogens is 302 g/mol. The van der Waals surface area contributed by atoms with Crippen molar-refractivity contribution in [3.05, 3.63) is 36.2 Å². The maximum absolute atomic E-state index is 12.3. The predicted molar refractivity (Wildman–Crippen MR) is 82.1 cm³/mol. The Kier molecular flexibility index (Phi) is 4.85. The number of nitrogens with one attached hydrogen (secondary N) is 1. The van der Waals surface area contributed by atoms with E-state index >= 15 is 0 Å². The lowest BCUT2D eigenvalue weighted by molar-refractivity contribution is -0.119. The van der Waals surface area contributed by atoms with Crippen LogP contribution in [0, 0.1) is 0 Å². The monoisotopic (exact) mass is 319 g/mol. The first kappa shape index (κ1) is 16.3. The van der Waals surface area contributed by atoms with Gasteiger partial charge in [0, 0.05) is 12.4 Å². The van der Waals surface area contributed by atoms with Crippen molar-refractivity contribution in [2.24, 2.45) is 0 Å². The van der Waals surface area contributed by atoms with Crippen molar-refractivity contribution in [1.29, 1.82) is 0 Å². The average molecular weight is 319 g/mol. The van der Waals surface area contributed by atoms with Crippen LogP contribution in [0.3, 0.4) is 0 Å². The Morgan fingerprint density at radius 2 is 2.04 bits per heavy atom. The highest BCUT2D eigenvalue weighted by molar-refractivity contribution is 5.98. The zero-order valence-electron chi connectivity index (χ0n) is 12.9. The molecule has 0 saturated carbocycles. The maximum atomic E-state index is 12.3. The van der Waals surface area contributed by atoms with E-state index in [-0.39, 0.29) is 28.7 Å². The fourth-order valence-electron chi connectivity index (χ4n) is 2.05. The van der Waals surface area contributed by atoms with Crippen molar-refractivity contribution in [2.75, 3.05) is 19.5 Å². The molecule has 0 fully saturated rings. The SMILES string of the molecule is COc1cc(C(=O)O)cc(NC(=O)C(C)n2cccn2)c1OC. The fraction of sp³-hybridized carbons (Fsp3) is 0.267. The van der Waals surface area contributed by atoms with Crippen LogP contribution in [0.5, 0.6) is 11.5 Å². The Balaban J connectivity index is 2.35. The van der Waals surface area contributed by atoms with E-state index in [1.165, 1.54) is 31.0 Å². The first-order valence-electron chi connectivity index (χ1n) is 6.77. The molecular formula is C15H17N3O5. The summed E-state index contributed by atoms with van der Waals surface area (Å²) in [6, 6.07) is 3.78. The second-order valence-corrected chi connectivity index (χ2v) is 4.72. The molecule has 0 radical (unpaired) electrons. The number of hydrogen-bond donors (Lipinski definition) is 2. The Morgan fingerprint density at radius 1 is 1.30 bits per heavy atom. The third-order valence-corrected chi connectivity index (χ3v) is 3.28. The minimum atomic E-state index is -1.14. The molecule has 0 bridgehead atoms. The quantitative estimate of drug-likeness (QED) is 0.841. The first-order chi connectivity index (χ1) is 11.0. The summed E-state index contributed by atoms with van der Waals surface area (Å²) < 4.78 is 11.8. The highest BCUT2D eigenvalue weighted by atomic mass is 16.5. The van der Waals surface area contributed by atoms with E-state index in [0.717, 1.165) is 0 Å². The number of benzene rings is 1. The Hall–Kier alpha value is -3.03. The van der Waals surface area contributed by atoms with Gasteiger partial charge in [-0.05, 0) is 25.1 Å². The molecule has 1 aromatic heterocycles. The van der Waals surface area contributed by atoms with Gasteiger partial charge in [-0.3, -0.25) is 9.48 Å². The summed E-state index contributed by atoms with van der Waals surface area (Å²) in [5.41, 5.74) is 0.193. The normalized spacial score (nSPS) is 11.6. The van der Waals surface area contributed by atoms with Crippen molar-refractivity contribution >= 4 is 17.6 Å². The van der Waals surface area contributed by atoms with E-state index in [0.29, 0.717) is 0 Å². The van der Waals surface area contributed by atoms with Gasteiger partial charge in [-0.25, -0.2) is 4.79 Å². The molecule has 0 saturated heterocycles. The van der Waals surface area contributed by atoms with Gasteiger partial charge in [-0.15, -0.1) is 0 Å². The average Bonchev–Trinajstić information content (AvgIpc) is 3.07. The molecule has 23 heavy (non-hydrogen) atoms. The smallest absolute Gasteiger partial charge is 0.335 e. The van der Waals surface area contributed by atoms with Crippen LogP contribution in [0.25, 0.3) is 0 Å². The predicted octanol–water partition coefficient (Wildman–Crippen LogP) is 1.80. The molecule has 0 aliphatic carbocycles. The van der Waals surface area contributed by atoms with Gasteiger partial charge in [0.25, 0.3) is 0 Å². The molecule has 1 aromatic carbocycles. The van der Waals surface area contributed by atoms with E-state index in [2.05, 4.69) is 10.4 Å². The summed E-state index contributed by atoms with van der Waals surface area (Å²) in [6.45, 7) is 1.67. The molecule has 122 valence electrons. The van der Waals surface area contributed by atoms with Gasteiger partial charge in [-0.2, -0.15) is 5.10 Å². The Morgan fingerprint density at radius 3 is 2.57 bits per heavy atom. The number of carboxylic acids is 1. The summed E-state index contributed by atoms with van der Waals surface area (Å²) in [5.74, 6) is -1.04. The summed E-state index contributed by atoms with van der Waals surface area (Å²) in [5, 5.41) is 15.8. The largest absolute Gasteiger partial charge is 0.493 e. The van der Waals surface area contributed by atoms with Crippen molar-refractivity contribution < 1.29 is 24.2 Å². The van der Waals surface area contributed by atoms with Gasteiger partial charge in [0.1, 0.15) is 6.04 Å². The minimum Gasteiger partial charge on any atom is -0.493 e. The second-order valence-electron chi connectivity index (χ2n) is 4.72. The summed E-state index contributed by atoms with van der Waals surface area (Å²) in [7, 11) is 2.80. The number of aromatic nitrogens is 2. The lowest BCUT2D eigenvalue weighted by atomic mass is 10.1. The molecule has 2 aromatic rings. The van der Waals surface area contributed by atoms with Crippen LogP contribution in [0.4, 0.5) is 5.69 Å². The summed E-state index contributed by atoms with van der Waals surface area (Å²) in [4.78, 5) is 23.5. The van der Waals surface area contributed by atoms with E-state index in [9.17, 15) is 9.59 Å². The second kappa shape index (κ2) is 6.82. The standard InChI is InChI=1S/C15H17N3O5/c1-9(18-6-4-5-16-18)14(19)17-11-7-10(15(20)21)8-12(22-2)13(11)23-3/h4-9H,1-3H3,(H,17,19)(H,20,21). The zero-order valence-corrected chi connectivity index (χ0v) is 12.9. The van der Waals surface area contributed by atoms with Gasteiger partial charge in [0.05, 0.1) is 25.5 Å². The third kappa shape index (κ3) is 3.42. The van der Waals surface area contributed by atoms with E-state index in [4.69, 9.17) is 14.6 Å². The van der Waals surface area contributed by atoms with Crippen LogP contribution >= 0.6 is 0 Å². The van der Waals surface area contributed by atoms with Crippen LogP contribution in [0.15, 0.2) is 30.6 Å². The molecule has 1 heterocycles. The van der Waals surface area contributed by atoms with Crippen LogP contribution in [-0.4, -0.2) is 41.0 Å². The van der Waals surface area contributed by atoms with E-state index in [1.807, 2.05) is 0 Å². The van der Waals surface area contributed by atoms with Crippen LogP contribution in [-0.2, 0) is 4.79 Å². The lowest BCUT2D eigenvalue weighted by Crippen LogP contribution is -2.24. The third-order valence-electron chi connectivity index (χ3n) is 3.28. The number of aromatic carboxylic acids is 1. The molecule has 2 N–H and O–H groups in total. The number of rotatable bonds is 6. The summed E-state index contributed by atoms with van der Waals surface area (Å²) >= 11 is 0. The van der Waals surface area contributed by atoms with Crippen molar-refractivity contribution in [1.82, 2.24) is 9.78 Å². The van der Waals surface area contributed by atoms with Crippen LogP contribution in [0.2, 0.25) is 0 Å². The molecule has 1 atom stereocenters. The molecule has 0 aliphatic rings. The number of amides is 1. The van der Waals surface area contributed by atoms with Crippen LogP contribution < -0.4 is 14.8 Å². The highest BCUT2D eigenvalue weighted by Crippen LogP contribution is 2.37. The van der Waals surface area contributed by atoms with E-state index < -0.39 is 12.0 Å². The molecule has 0 spiro atoms. The van der Waals surface area contributed by atoms with Crippen molar-refractivity contribution in [3.8, 4) is 11.5 Å². The number of carbonyl (C=O) groups is 2. The Bertz CT molecular complexity index is 712. The van der Waals surface area contributed by atoms with E-state index in [1.54, 1.807) is 25.4 Å². The fourth-order valence-corrected chi connectivity index (χ4v) is 2.05. The van der Waals surface area contributed by atoms with Gasteiger partial charge in [0.2, 0.25) is 5.91 Å². The number of carboxylic acid groups (broad SMARTS) is 1. The zero-order chi connectivity index (χ0) is 17.0. The summed E-state index contributed by atoms with van der Waals surface area (Å²) in [6.07, 6.45) is 3.23. The molecule has 1 amide bonds. The van der Waals surface area contributed by atoms with Crippen LogP contribution in [0.1, 0.15) is 23.3 Å².